The molecule has 1 amide bonds. The largest absolute Gasteiger partial charge is 0.466 e. The van der Waals surface area contributed by atoms with Gasteiger partial charge in [-0.05, 0) is 41.4 Å². The molecule has 0 atom stereocenters. The Hall–Kier alpha value is -1.25. The van der Waals surface area contributed by atoms with Gasteiger partial charge in [-0.2, -0.15) is 0 Å². The van der Waals surface area contributed by atoms with Crippen molar-refractivity contribution in [1.82, 2.24) is 4.98 Å². The van der Waals surface area contributed by atoms with Gasteiger partial charge in [-0.15, -0.1) is 22.7 Å². The number of halogens is 1. The number of nitrogens with zero attached hydrogens (tertiary/aromatic N) is 1. The number of rotatable bonds is 5. The Kier molecular flexibility index (Phi) is 5.49. The molecule has 0 aromatic carbocycles. The average Bonchev–Trinajstić information content (AvgIpc) is 2.98. The SMILES string of the molecule is CCOC(=O)Cc1csc(NC(=O)c2cc(C)c(Br)s2)n1. The third-order valence-corrected chi connectivity index (χ3v) is 5.43. The van der Waals surface area contributed by atoms with E-state index < -0.39 is 0 Å². The van der Waals surface area contributed by atoms with Gasteiger partial charge >= 0.3 is 5.97 Å². The number of ether oxygens (including phenoxy) is 1. The number of aryl methyl sites for hydroxylation is 1. The van der Waals surface area contributed by atoms with Crippen molar-refractivity contribution in [2.45, 2.75) is 20.3 Å². The van der Waals surface area contributed by atoms with Crippen LogP contribution >= 0.6 is 38.6 Å². The third-order valence-electron chi connectivity index (χ3n) is 2.48. The van der Waals surface area contributed by atoms with Crippen molar-refractivity contribution in [2.24, 2.45) is 0 Å². The molecule has 0 unspecified atom stereocenters. The number of aromatic nitrogens is 1. The molecule has 0 spiro atoms. The molecule has 112 valence electrons. The summed E-state index contributed by atoms with van der Waals surface area (Å²) in [5.41, 5.74) is 1.62. The van der Waals surface area contributed by atoms with E-state index >= 15 is 0 Å². The van der Waals surface area contributed by atoms with E-state index in [1.165, 1.54) is 22.7 Å². The molecule has 0 saturated carbocycles. The molecule has 0 radical (unpaired) electrons. The summed E-state index contributed by atoms with van der Waals surface area (Å²) in [5, 5.41) is 4.94. The van der Waals surface area contributed by atoms with Crippen molar-refractivity contribution < 1.29 is 14.3 Å². The van der Waals surface area contributed by atoms with E-state index in [9.17, 15) is 9.59 Å². The summed E-state index contributed by atoms with van der Waals surface area (Å²) in [5.74, 6) is -0.524. The predicted molar refractivity (Wildman–Crippen MR) is 87.2 cm³/mol. The number of thiophene rings is 1. The lowest BCUT2D eigenvalue weighted by atomic mass is 10.3. The number of nitrogens with one attached hydrogen (secondary N) is 1. The summed E-state index contributed by atoms with van der Waals surface area (Å²) < 4.78 is 5.80. The van der Waals surface area contributed by atoms with Gasteiger partial charge in [0.15, 0.2) is 5.13 Å². The highest BCUT2D eigenvalue weighted by Crippen LogP contribution is 2.28. The van der Waals surface area contributed by atoms with E-state index in [0.717, 1.165) is 9.35 Å². The lowest BCUT2D eigenvalue weighted by Gasteiger charge is -1.99. The second-order valence-corrected chi connectivity index (χ2v) is 7.38. The topological polar surface area (TPSA) is 68.3 Å². The van der Waals surface area contributed by atoms with Crippen molar-refractivity contribution in [1.29, 1.82) is 0 Å². The summed E-state index contributed by atoms with van der Waals surface area (Å²) in [6.07, 6.45) is 0.115. The predicted octanol–water partition coefficient (Wildman–Crippen LogP) is 3.63. The number of carbonyl (C=O) groups is 2. The van der Waals surface area contributed by atoms with Gasteiger partial charge in [0.05, 0.1) is 27.4 Å². The van der Waals surface area contributed by atoms with Gasteiger partial charge in [-0.25, -0.2) is 4.98 Å². The first-order valence-corrected chi connectivity index (χ1v) is 8.65. The molecule has 0 fully saturated rings. The molecule has 2 heterocycles. The first kappa shape index (κ1) is 16.1. The molecule has 8 heteroatoms. The van der Waals surface area contributed by atoms with Crippen LogP contribution in [0.2, 0.25) is 0 Å². The Balaban J connectivity index is 1.99. The number of anilines is 1. The summed E-state index contributed by atoms with van der Waals surface area (Å²) >= 11 is 6.05. The monoisotopic (exact) mass is 388 g/mol. The van der Waals surface area contributed by atoms with Gasteiger partial charge in [-0.1, -0.05) is 0 Å². The van der Waals surface area contributed by atoms with Crippen LogP contribution in [0.25, 0.3) is 0 Å². The van der Waals surface area contributed by atoms with Crippen LogP contribution in [0.15, 0.2) is 15.2 Å². The van der Waals surface area contributed by atoms with Crippen molar-refractivity contribution in [3.8, 4) is 0 Å². The third kappa shape index (κ3) is 4.36. The highest BCUT2D eigenvalue weighted by molar-refractivity contribution is 9.11. The van der Waals surface area contributed by atoms with Gasteiger partial charge < -0.3 is 4.74 Å². The second kappa shape index (κ2) is 7.15. The molecular formula is C13H13BrN2O3S2. The lowest BCUT2D eigenvalue weighted by Crippen LogP contribution is -2.11. The van der Waals surface area contributed by atoms with E-state index in [0.29, 0.717) is 22.3 Å². The van der Waals surface area contributed by atoms with Crippen LogP contribution in [0.1, 0.15) is 27.9 Å². The normalized spacial score (nSPS) is 10.4. The number of esters is 1. The van der Waals surface area contributed by atoms with E-state index in [1.807, 2.05) is 13.0 Å². The van der Waals surface area contributed by atoms with Crippen LogP contribution in [0.5, 0.6) is 0 Å². The van der Waals surface area contributed by atoms with Crippen LogP contribution in [0.4, 0.5) is 5.13 Å². The van der Waals surface area contributed by atoms with Crippen LogP contribution in [-0.4, -0.2) is 23.5 Å². The maximum Gasteiger partial charge on any atom is 0.311 e. The Morgan fingerprint density at radius 1 is 1.48 bits per heavy atom. The van der Waals surface area contributed by atoms with Crippen molar-refractivity contribution in [3.63, 3.8) is 0 Å². The summed E-state index contributed by atoms with van der Waals surface area (Å²) in [7, 11) is 0. The Morgan fingerprint density at radius 2 is 2.24 bits per heavy atom. The fourth-order valence-corrected chi connectivity index (χ4v) is 3.67. The van der Waals surface area contributed by atoms with Crippen molar-refractivity contribution >= 4 is 55.6 Å². The molecule has 0 aliphatic heterocycles. The van der Waals surface area contributed by atoms with Gasteiger partial charge in [-0.3, -0.25) is 14.9 Å². The van der Waals surface area contributed by atoms with Crippen LogP contribution in [-0.2, 0) is 16.0 Å². The standard InChI is InChI=1S/C13H13BrN2O3S2/c1-3-19-10(17)5-8-6-20-13(15-8)16-12(18)9-4-7(2)11(14)21-9/h4,6H,3,5H2,1-2H3,(H,15,16,18). The molecule has 2 rings (SSSR count). The molecule has 21 heavy (non-hydrogen) atoms. The van der Waals surface area contributed by atoms with Gasteiger partial charge in [0.25, 0.3) is 5.91 Å². The summed E-state index contributed by atoms with van der Waals surface area (Å²) in [6, 6.07) is 1.82. The number of amides is 1. The number of hydrogen-bond donors (Lipinski definition) is 1. The Labute approximate surface area is 138 Å². The van der Waals surface area contributed by atoms with E-state index in [2.05, 4.69) is 26.2 Å². The van der Waals surface area contributed by atoms with Crippen molar-refractivity contribution in [2.75, 3.05) is 11.9 Å². The van der Waals surface area contributed by atoms with Crippen LogP contribution in [0.3, 0.4) is 0 Å². The number of hydrogen-bond acceptors (Lipinski definition) is 6. The average molecular weight is 389 g/mol. The zero-order chi connectivity index (χ0) is 15.4. The zero-order valence-corrected chi connectivity index (χ0v) is 14.7. The molecule has 2 aromatic rings. The fraction of sp³-hybridized carbons (Fsp3) is 0.308. The molecule has 1 N–H and O–H groups in total. The molecule has 0 aliphatic carbocycles. The van der Waals surface area contributed by atoms with Gasteiger partial charge in [0.2, 0.25) is 0 Å². The minimum absolute atomic E-state index is 0.115. The van der Waals surface area contributed by atoms with E-state index in [-0.39, 0.29) is 18.3 Å². The summed E-state index contributed by atoms with van der Waals surface area (Å²) in [4.78, 5) is 28.2. The smallest absolute Gasteiger partial charge is 0.311 e. The highest BCUT2D eigenvalue weighted by atomic mass is 79.9. The minimum Gasteiger partial charge on any atom is -0.466 e. The zero-order valence-electron chi connectivity index (χ0n) is 11.4. The quantitative estimate of drug-likeness (QED) is 0.793. The van der Waals surface area contributed by atoms with Gasteiger partial charge in [0, 0.05) is 5.38 Å². The molecule has 5 nitrogen and oxygen atoms in total. The Bertz CT molecular complexity index is 647. The summed E-state index contributed by atoms with van der Waals surface area (Å²) in [6.45, 7) is 4.03. The first-order valence-electron chi connectivity index (χ1n) is 6.17. The molecule has 2 aromatic heterocycles. The molecular weight excluding hydrogens is 376 g/mol. The highest BCUT2D eigenvalue weighted by Gasteiger charge is 2.14. The van der Waals surface area contributed by atoms with Crippen LogP contribution in [0, 0.1) is 6.92 Å². The maximum atomic E-state index is 12.1. The maximum absolute atomic E-state index is 12.1. The van der Waals surface area contributed by atoms with Crippen molar-refractivity contribution in [3.05, 3.63) is 31.4 Å². The molecule has 0 bridgehead atoms. The minimum atomic E-state index is -0.321. The Morgan fingerprint density at radius 3 is 2.86 bits per heavy atom. The van der Waals surface area contributed by atoms with Crippen LogP contribution < -0.4 is 5.32 Å². The van der Waals surface area contributed by atoms with Gasteiger partial charge in [0.1, 0.15) is 0 Å². The lowest BCUT2D eigenvalue weighted by molar-refractivity contribution is -0.142. The number of thiazole rings is 1. The molecule has 0 aliphatic rings. The second-order valence-electron chi connectivity index (χ2n) is 4.15. The molecule has 0 saturated heterocycles. The number of carbonyl (C=O) groups excluding carboxylic acids is 2. The fourth-order valence-electron chi connectivity index (χ4n) is 1.54. The van der Waals surface area contributed by atoms with E-state index in [4.69, 9.17) is 4.74 Å². The first-order chi connectivity index (χ1) is 9.99. The van der Waals surface area contributed by atoms with E-state index in [1.54, 1.807) is 12.3 Å².